The van der Waals surface area contributed by atoms with Crippen LogP contribution in [0.25, 0.3) is 21.8 Å². The van der Waals surface area contributed by atoms with Crippen LogP contribution >= 0.6 is 0 Å². The monoisotopic (exact) mass is 489 g/mol. The fourth-order valence-corrected chi connectivity index (χ4v) is 2.59. The van der Waals surface area contributed by atoms with E-state index < -0.39 is 6.10 Å². The molecule has 0 saturated carbocycles. The number of hydrogen-bond donors (Lipinski definition) is 4. The molecule has 1 unspecified atom stereocenters. The van der Waals surface area contributed by atoms with Crippen molar-refractivity contribution in [3.8, 4) is 5.75 Å². The number of rotatable bonds is 7. The molecule has 1 heterocycles. The van der Waals surface area contributed by atoms with Gasteiger partial charge in [0.05, 0.1) is 11.6 Å². The maximum Gasteiger partial charge on any atom is 0.216 e. The average Bonchev–Trinajstić information content (AvgIpc) is 3.27. The standard InChI is InChI=1S/C16H17NO2.C5H11NO.C4H10.C2H7N.C2H6/c1-2-11(18)10-19-15-9-5-8-14-16(15)12-6-3-4-7-13(12)17-14;1-3-4-6-5(2)7;1-3-4-2;1-2-3;1-2/h3-9,11,17-18H,2,10H2,1H3;3-4H2,1-2H3,(H,6,7);3-4H2,1-2H3;2-3H2,1H3;1-2H3. The molecule has 6 nitrogen and oxygen atoms in total. The van der Waals surface area contributed by atoms with Gasteiger partial charge in [0.25, 0.3) is 0 Å². The number of aromatic amines is 1. The third kappa shape index (κ3) is 15.1. The third-order valence-electron chi connectivity index (χ3n) is 4.52. The number of hydrogen-bond acceptors (Lipinski definition) is 4. The van der Waals surface area contributed by atoms with E-state index >= 15 is 0 Å². The molecule has 3 aromatic rings. The molecular weight excluding hydrogens is 438 g/mol. The Bertz CT molecular complexity index is 891. The molecule has 1 amide bonds. The lowest BCUT2D eigenvalue weighted by Gasteiger charge is -2.11. The van der Waals surface area contributed by atoms with Crippen molar-refractivity contribution in [2.75, 3.05) is 19.7 Å². The zero-order valence-corrected chi connectivity index (χ0v) is 23.4. The van der Waals surface area contributed by atoms with E-state index in [9.17, 15) is 9.90 Å². The van der Waals surface area contributed by atoms with E-state index in [0.29, 0.717) is 13.0 Å². The number of nitrogens with two attached hydrogens (primary N) is 1. The smallest absolute Gasteiger partial charge is 0.216 e. The molecule has 0 aliphatic rings. The lowest BCUT2D eigenvalue weighted by molar-refractivity contribution is -0.118. The number of aliphatic hydroxyl groups excluding tert-OH is 1. The third-order valence-corrected chi connectivity index (χ3v) is 4.52. The van der Waals surface area contributed by atoms with Crippen molar-refractivity contribution in [3.05, 3.63) is 42.5 Å². The minimum atomic E-state index is -0.416. The van der Waals surface area contributed by atoms with Gasteiger partial charge in [-0.05, 0) is 37.6 Å². The average molecular weight is 490 g/mol. The summed E-state index contributed by atoms with van der Waals surface area (Å²) in [5.41, 5.74) is 7.01. The maximum atomic E-state index is 10.1. The van der Waals surface area contributed by atoms with E-state index in [1.807, 2.05) is 65.0 Å². The molecule has 1 aromatic heterocycles. The predicted molar refractivity (Wildman–Crippen MR) is 153 cm³/mol. The van der Waals surface area contributed by atoms with Crippen molar-refractivity contribution in [2.45, 2.75) is 87.2 Å². The first-order valence-corrected chi connectivity index (χ1v) is 13.1. The topological polar surface area (TPSA) is 100 Å². The van der Waals surface area contributed by atoms with Crippen LogP contribution in [0.4, 0.5) is 0 Å². The summed E-state index contributed by atoms with van der Waals surface area (Å²) in [4.78, 5) is 13.5. The highest BCUT2D eigenvalue weighted by Crippen LogP contribution is 2.32. The largest absolute Gasteiger partial charge is 0.490 e. The van der Waals surface area contributed by atoms with Crippen LogP contribution in [0, 0.1) is 0 Å². The summed E-state index contributed by atoms with van der Waals surface area (Å²) in [6, 6.07) is 14.1. The van der Waals surface area contributed by atoms with Gasteiger partial charge >= 0.3 is 0 Å². The van der Waals surface area contributed by atoms with E-state index in [4.69, 9.17) is 10.5 Å². The van der Waals surface area contributed by atoms with Gasteiger partial charge in [0.1, 0.15) is 12.4 Å². The highest BCUT2D eigenvalue weighted by molar-refractivity contribution is 6.10. The lowest BCUT2D eigenvalue weighted by atomic mass is 10.1. The first-order chi connectivity index (χ1) is 16.9. The van der Waals surface area contributed by atoms with E-state index in [2.05, 4.69) is 36.3 Å². The number of aliphatic hydroxyl groups is 1. The molecule has 35 heavy (non-hydrogen) atoms. The van der Waals surface area contributed by atoms with Gasteiger partial charge in [-0.2, -0.15) is 0 Å². The van der Waals surface area contributed by atoms with E-state index in [0.717, 1.165) is 47.1 Å². The van der Waals surface area contributed by atoms with Crippen LogP contribution in [0.1, 0.15) is 81.1 Å². The number of para-hydroxylation sites is 1. The second kappa shape index (κ2) is 23.2. The molecule has 5 N–H and O–H groups in total. The Morgan fingerprint density at radius 1 is 0.971 bits per heavy atom. The van der Waals surface area contributed by atoms with Gasteiger partial charge in [-0.15, -0.1) is 0 Å². The Balaban J connectivity index is 0. The number of ether oxygens (including phenoxy) is 1. The summed E-state index contributed by atoms with van der Waals surface area (Å²) in [6.07, 6.45) is 3.93. The van der Waals surface area contributed by atoms with Crippen LogP contribution in [-0.2, 0) is 4.79 Å². The molecule has 0 aliphatic carbocycles. The van der Waals surface area contributed by atoms with Crippen LogP contribution in [0.5, 0.6) is 5.75 Å². The van der Waals surface area contributed by atoms with Crippen molar-refractivity contribution in [1.82, 2.24) is 10.3 Å². The predicted octanol–water partition coefficient (Wildman–Crippen LogP) is 6.80. The number of unbranched alkanes of at least 4 members (excludes halogenated alkanes) is 1. The molecule has 0 aliphatic heterocycles. The van der Waals surface area contributed by atoms with Gasteiger partial charge in [0.2, 0.25) is 5.91 Å². The quantitative estimate of drug-likeness (QED) is 0.293. The second-order valence-corrected chi connectivity index (χ2v) is 7.61. The maximum absolute atomic E-state index is 10.1. The number of H-pyrrole nitrogens is 1. The Labute approximate surface area is 213 Å². The summed E-state index contributed by atoms with van der Waals surface area (Å²) >= 11 is 0. The summed E-state index contributed by atoms with van der Waals surface area (Å²) in [5, 5.41) is 14.5. The van der Waals surface area contributed by atoms with Gasteiger partial charge in [-0.25, -0.2) is 0 Å². The zero-order chi connectivity index (χ0) is 27.1. The Morgan fingerprint density at radius 3 is 2.03 bits per heavy atom. The Morgan fingerprint density at radius 2 is 1.54 bits per heavy atom. The Kier molecular flexibility index (Phi) is 22.9. The van der Waals surface area contributed by atoms with E-state index in [-0.39, 0.29) is 5.91 Å². The van der Waals surface area contributed by atoms with Gasteiger partial charge in [-0.3, -0.25) is 4.79 Å². The number of fused-ring (bicyclic) bond motifs is 3. The van der Waals surface area contributed by atoms with E-state index in [1.54, 1.807) is 0 Å². The van der Waals surface area contributed by atoms with Gasteiger partial charge < -0.3 is 25.9 Å². The second-order valence-electron chi connectivity index (χ2n) is 7.61. The molecule has 0 saturated heterocycles. The number of carbonyl (C=O) groups is 1. The lowest BCUT2D eigenvalue weighted by Crippen LogP contribution is -2.19. The minimum absolute atomic E-state index is 0.0573. The number of carbonyl (C=O) groups excluding carboxylic acids is 1. The highest BCUT2D eigenvalue weighted by atomic mass is 16.5. The van der Waals surface area contributed by atoms with Crippen molar-refractivity contribution < 1.29 is 14.6 Å². The van der Waals surface area contributed by atoms with Gasteiger partial charge in [-0.1, -0.05) is 85.6 Å². The fourth-order valence-electron chi connectivity index (χ4n) is 2.59. The first kappa shape index (κ1) is 34.6. The molecule has 0 radical (unpaired) electrons. The summed E-state index contributed by atoms with van der Waals surface area (Å²) < 4.78 is 5.77. The minimum Gasteiger partial charge on any atom is -0.490 e. The molecule has 0 bridgehead atoms. The number of nitrogens with one attached hydrogen (secondary N) is 2. The molecule has 0 spiro atoms. The summed E-state index contributed by atoms with van der Waals surface area (Å²) in [5.74, 6) is 0.879. The molecular formula is C29H51N3O3. The van der Waals surface area contributed by atoms with Crippen molar-refractivity contribution in [1.29, 1.82) is 0 Å². The van der Waals surface area contributed by atoms with Gasteiger partial charge in [0, 0.05) is 29.8 Å². The molecule has 3 rings (SSSR count). The summed E-state index contributed by atoms with van der Waals surface area (Å²) in [7, 11) is 0. The summed E-state index contributed by atoms with van der Waals surface area (Å²) in [6.45, 7) is 17.6. The Hall–Kier alpha value is -2.57. The van der Waals surface area contributed by atoms with Crippen LogP contribution in [0.2, 0.25) is 0 Å². The molecule has 6 heteroatoms. The molecule has 2 aromatic carbocycles. The fraction of sp³-hybridized carbons (Fsp3) is 0.552. The zero-order valence-electron chi connectivity index (χ0n) is 23.4. The highest BCUT2D eigenvalue weighted by Gasteiger charge is 2.10. The van der Waals surface area contributed by atoms with Crippen LogP contribution in [-0.4, -0.2) is 41.8 Å². The number of amides is 1. The van der Waals surface area contributed by atoms with Gasteiger partial charge in [0.15, 0.2) is 0 Å². The molecule has 200 valence electrons. The number of aromatic nitrogens is 1. The van der Waals surface area contributed by atoms with Crippen molar-refractivity contribution in [3.63, 3.8) is 0 Å². The number of benzene rings is 2. The van der Waals surface area contributed by atoms with E-state index in [1.165, 1.54) is 19.8 Å². The first-order valence-electron chi connectivity index (χ1n) is 13.1. The SMILES string of the molecule is CC.CCC(O)COc1cccc2[nH]c3ccccc3c12.CCCC.CCCNC(C)=O.CCN. The molecule has 1 atom stereocenters. The van der Waals surface area contributed by atoms with Crippen LogP contribution in [0.3, 0.4) is 0 Å². The van der Waals surface area contributed by atoms with Crippen molar-refractivity contribution in [2.24, 2.45) is 5.73 Å². The normalized spacial score (nSPS) is 10.2. The molecule has 0 fully saturated rings. The van der Waals surface area contributed by atoms with Crippen LogP contribution < -0.4 is 15.8 Å². The van der Waals surface area contributed by atoms with Crippen LogP contribution in [0.15, 0.2) is 42.5 Å². The van der Waals surface area contributed by atoms with Crippen molar-refractivity contribution >= 4 is 27.7 Å².